The molecule has 1 heterocycles. The van der Waals surface area contributed by atoms with E-state index >= 15 is 0 Å². The largest absolute Gasteiger partial charge is 0.323 e. The van der Waals surface area contributed by atoms with Gasteiger partial charge >= 0.3 is 0 Å². The molecule has 1 aromatic rings. The number of nitrogens with two attached hydrogens (primary N) is 1. The standard InChI is InChI=1S/C9H17N3S/c1-5-6-7(13-12-11-6)8(10)9(2,3)4/h8H,5,10H2,1-4H3. The first kappa shape index (κ1) is 10.6. The van der Waals surface area contributed by atoms with E-state index in [1.807, 2.05) is 0 Å². The van der Waals surface area contributed by atoms with Crippen LogP contribution in [0.3, 0.4) is 0 Å². The Kier molecular flexibility index (Phi) is 3.03. The van der Waals surface area contributed by atoms with Gasteiger partial charge in [0.05, 0.1) is 10.6 Å². The van der Waals surface area contributed by atoms with Crippen molar-refractivity contribution in [2.24, 2.45) is 11.1 Å². The van der Waals surface area contributed by atoms with E-state index < -0.39 is 0 Å². The quantitative estimate of drug-likeness (QED) is 0.794. The third kappa shape index (κ3) is 2.25. The van der Waals surface area contributed by atoms with E-state index in [2.05, 4.69) is 37.3 Å². The number of aryl methyl sites for hydroxylation is 1. The molecule has 0 aliphatic heterocycles. The maximum atomic E-state index is 6.12. The van der Waals surface area contributed by atoms with Gasteiger partial charge in [-0.25, -0.2) is 0 Å². The van der Waals surface area contributed by atoms with Gasteiger partial charge in [0.25, 0.3) is 0 Å². The van der Waals surface area contributed by atoms with Crippen LogP contribution in [-0.4, -0.2) is 9.59 Å². The topological polar surface area (TPSA) is 51.8 Å². The highest BCUT2D eigenvalue weighted by molar-refractivity contribution is 7.05. The monoisotopic (exact) mass is 199 g/mol. The van der Waals surface area contributed by atoms with Crippen LogP contribution in [0.4, 0.5) is 0 Å². The first-order valence-corrected chi connectivity index (χ1v) is 5.31. The Bertz CT molecular complexity index is 275. The molecule has 1 rings (SSSR count). The van der Waals surface area contributed by atoms with Gasteiger partial charge in [-0.15, -0.1) is 5.10 Å². The molecule has 0 amide bonds. The Hall–Kier alpha value is -0.480. The molecule has 0 bridgehead atoms. The van der Waals surface area contributed by atoms with Gasteiger partial charge in [0.15, 0.2) is 0 Å². The Labute approximate surface area is 83.5 Å². The highest BCUT2D eigenvalue weighted by atomic mass is 32.1. The Balaban J connectivity index is 2.94. The van der Waals surface area contributed by atoms with Gasteiger partial charge in [-0.1, -0.05) is 32.2 Å². The lowest BCUT2D eigenvalue weighted by Gasteiger charge is -2.25. The van der Waals surface area contributed by atoms with E-state index in [1.54, 1.807) is 0 Å². The van der Waals surface area contributed by atoms with Gasteiger partial charge in [0.1, 0.15) is 0 Å². The first-order valence-electron chi connectivity index (χ1n) is 4.53. The molecule has 1 unspecified atom stereocenters. The average molecular weight is 199 g/mol. The molecule has 0 radical (unpaired) electrons. The molecule has 1 atom stereocenters. The number of hydrogen-bond acceptors (Lipinski definition) is 4. The zero-order chi connectivity index (χ0) is 10.1. The molecule has 0 aliphatic rings. The van der Waals surface area contributed by atoms with Crippen LogP contribution in [0.5, 0.6) is 0 Å². The maximum absolute atomic E-state index is 6.12. The lowest BCUT2D eigenvalue weighted by Crippen LogP contribution is -2.26. The predicted octanol–water partition coefficient (Wildman–Crippen LogP) is 2.15. The third-order valence-electron chi connectivity index (χ3n) is 2.14. The van der Waals surface area contributed by atoms with Crippen molar-refractivity contribution in [2.45, 2.75) is 40.2 Å². The van der Waals surface area contributed by atoms with Crippen molar-refractivity contribution in [3.63, 3.8) is 0 Å². The van der Waals surface area contributed by atoms with Gasteiger partial charge in [0, 0.05) is 6.04 Å². The normalized spacial score (nSPS) is 14.5. The van der Waals surface area contributed by atoms with Crippen molar-refractivity contribution in [1.82, 2.24) is 9.59 Å². The predicted molar refractivity (Wildman–Crippen MR) is 55.7 cm³/mol. The second-order valence-electron chi connectivity index (χ2n) is 4.28. The lowest BCUT2D eigenvalue weighted by molar-refractivity contribution is 0.329. The van der Waals surface area contributed by atoms with E-state index in [0.29, 0.717) is 0 Å². The van der Waals surface area contributed by atoms with Crippen LogP contribution in [0, 0.1) is 5.41 Å². The summed E-state index contributed by atoms with van der Waals surface area (Å²) in [4.78, 5) is 1.13. The van der Waals surface area contributed by atoms with Crippen LogP contribution in [0.25, 0.3) is 0 Å². The van der Waals surface area contributed by atoms with E-state index in [9.17, 15) is 0 Å². The second-order valence-corrected chi connectivity index (χ2v) is 5.07. The summed E-state index contributed by atoms with van der Waals surface area (Å²) in [7, 11) is 0. The summed E-state index contributed by atoms with van der Waals surface area (Å²) in [5, 5.41) is 4.06. The average Bonchev–Trinajstić information content (AvgIpc) is 2.48. The Morgan fingerprint density at radius 2 is 2.08 bits per heavy atom. The summed E-state index contributed by atoms with van der Waals surface area (Å²) in [6.07, 6.45) is 0.912. The van der Waals surface area contributed by atoms with Crippen LogP contribution in [-0.2, 0) is 6.42 Å². The third-order valence-corrected chi connectivity index (χ3v) is 2.99. The molecule has 0 aliphatic carbocycles. The maximum Gasteiger partial charge on any atom is 0.0801 e. The van der Waals surface area contributed by atoms with E-state index in [-0.39, 0.29) is 11.5 Å². The summed E-state index contributed by atoms with van der Waals surface area (Å²) in [6.45, 7) is 8.49. The number of rotatable bonds is 2. The molecule has 0 aromatic carbocycles. The van der Waals surface area contributed by atoms with Crippen LogP contribution in [0.1, 0.15) is 44.3 Å². The number of nitrogens with zero attached hydrogens (tertiary/aromatic N) is 2. The zero-order valence-electron chi connectivity index (χ0n) is 8.66. The van der Waals surface area contributed by atoms with Crippen LogP contribution < -0.4 is 5.73 Å². The van der Waals surface area contributed by atoms with Crippen molar-refractivity contribution in [3.8, 4) is 0 Å². The summed E-state index contributed by atoms with van der Waals surface area (Å²) in [6, 6.07) is 0.0439. The molecule has 2 N–H and O–H groups in total. The van der Waals surface area contributed by atoms with Crippen molar-refractivity contribution in [2.75, 3.05) is 0 Å². The van der Waals surface area contributed by atoms with Gasteiger partial charge in [-0.3, -0.25) is 0 Å². The molecular weight excluding hydrogens is 182 g/mol. The van der Waals surface area contributed by atoms with Crippen molar-refractivity contribution in [1.29, 1.82) is 0 Å². The molecule has 0 fully saturated rings. The highest BCUT2D eigenvalue weighted by Gasteiger charge is 2.26. The van der Waals surface area contributed by atoms with Gasteiger partial charge < -0.3 is 5.73 Å². The van der Waals surface area contributed by atoms with E-state index in [4.69, 9.17) is 5.73 Å². The Morgan fingerprint density at radius 3 is 2.54 bits per heavy atom. The summed E-state index contributed by atoms with van der Waals surface area (Å²) < 4.78 is 3.94. The fourth-order valence-electron chi connectivity index (χ4n) is 1.09. The smallest absolute Gasteiger partial charge is 0.0801 e. The van der Waals surface area contributed by atoms with Crippen molar-refractivity contribution in [3.05, 3.63) is 10.6 Å². The fraction of sp³-hybridized carbons (Fsp3) is 0.778. The van der Waals surface area contributed by atoms with E-state index in [0.717, 1.165) is 17.0 Å². The molecule has 0 saturated carbocycles. The van der Waals surface area contributed by atoms with Gasteiger partial charge in [0.2, 0.25) is 0 Å². The fourth-order valence-corrected chi connectivity index (χ4v) is 2.08. The molecule has 13 heavy (non-hydrogen) atoms. The van der Waals surface area contributed by atoms with Crippen molar-refractivity contribution < 1.29 is 0 Å². The van der Waals surface area contributed by atoms with Crippen LogP contribution in [0.15, 0.2) is 0 Å². The van der Waals surface area contributed by atoms with Crippen LogP contribution in [0.2, 0.25) is 0 Å². The summed E-state index contributed by atoms with van der Waals surface area (Å²) in [5.41, 5.74) is 7.25. The molecule has 1 aromatic heterocycles. The molecular formula is C9H17N3S. The first-order chi connectivity index (χ1) is 5.96. The molecule has 3 nitrogen and oxygen atoms in total. The highest BCUT2D eigenvalue weighted by Crippen LogP contribution is 2.33. The lowest BCUT2D eigenvalue weighted by atomic mass is 9.86. The summed E-state index contributed by atoms with van der Waals surface area (Å²) >= 11 is 1.42. The summed E-state index contributed by atoms with van der Waals surface area (Å²) in [5.74, 6) is 0. The Morgan fingerprint density at radius 1 is 1.46 bits per heavy atom. The zero-order valence-corrected chi connectivity index (χ0v) is 9.48. The second kappa shape index (κ2) is 3.72. The number of hydrogen-bond donors (Lipinski definition) is 1. The molecule has 4 heteroatoms. The van der Waals surface area contributed by atoms with Gasteiger partial charge in [-0.2, -0.15) is 0 Å². The van der Waals surface area contributed by atoms with Crippen molar-refractivity contribution >= 4 is 11.5 Å². The van der Waals surface area contributed by atoms with Crippen LogP contribution >= 0.6 is 11.5 Å². The minimum Gasteiger partial charge on any atom is -0.323 e. The van der Waals surface area contributed by atoms with Gasteiger partial charge in [-0.05, 0) is 23.4 Å². The molecule has 0 spiro atoms. The van der Waals surface area contributed by atoms with E-state index in [1.165, 1.54) is 11.5 Å². The number of aromatic nitrogens is 2. The minimum absolute atomic E-state index is 0.0439. The molecule has 0 saturated heterocycles. The molecule has 74 valence electrons. The SMILES string of the molecule is CCc1nnsc1C(N)C(C)(C)C. The minimum atomic E-state index is 0.0439.